The molecule has 1 aromatic heterocycles. The molecule has 0 radical (unpaired) electrons. The molecule has 2 aliphatic rings. The number of aromatic nitrogens is 2. The Morgan fingerprint density at radius 1 is 1.21 bits per heavy atom. The number of amides is 1. The summed E-state index contributed by atoms with van der Waals surface area (Å²) in [5, 5.41) is 4.75. The highest BCUT2D eigenvalue weighted by atomic mass is 35.5. The van der Waals surface area contributed by atoms with Gasteiger partial charge in [0.05, 0.1) is 28.5 Å². The SMILES string of the molecule is COC1COCCC1NC1CCN(C(=O)c2ncnc(Cc3ccc(Cl)c(Cl)c3)c2C)CC1. The molecule has 4 rings (SSSR count). The van der Waals surface area contributed by atoms with Crippen molar-refractivity contribution in [2.75, 3.05) is 33.4 Å². The molecule has 0 spiro atoms. The standard InChI is InChI=1S/C24H30Cl2N4O3/c1-15-21(12-16-3-4-18(25)19(26)11-16)27-14-28-23(15)24(31)30-8-5-17(6-9-30)29-20-7-10-33-13-22(20)32-2/h3-4,11,14,17,20,22,29H,5-10,12-13H2,1-2H3. The fourth-order valence-corrected chi connectivity index (χ4v) is 4.88. The molecule has 2 saturated heterocycles. The van der Waals surface area contributed by atoms with Crippen LogP contribution in [0.2, 0.25) is 10.0 Å². The van der Waals surface area contributed by atoms with E-state index in [0.29, 0.717) is 53.9 Å². The lowest BCUT2D eigenvalue weighted by Gasteiger charge is -2.38. The molecule has 0 aliphatic carbocycles. The summed E-state index contributed by atoms with van der Waals surface area (Å²) < 4.78 is 11.1. The Hall–Kier alpha value is -1.77. The second kappa shape index (κ2) is 11.1. The monoisotopic (exact) mass is 492 g/mol. The second-order valence-corrected chi connectivity index (χ2v) is 9.51. The predicted molar refractivity (Wildman–Crippen MR) is 128 cm³/mol. The molecule has 2 aliphatic heterocycles. The van der Waals surface area contributed by atoms with Gasteiger partial charge in [0.1, 0.15) is 12.0 Å². The van der Waals surface area contributed by atoms with Crippen molar-refractivity contribution < 1.29 is 14.3 Å². The van der Waals surface area contributed by atoms with Gasteiger partial charge in [-0.3, -0.25) is 4.79 Å². The van der Waals surface area contributed by atoms with Crippen molar-refractivity contribution in [1.29, 1.82) is 0 Å². The lowest BCUT2D eigenvalue weighted by atomic mass is 9.99. The summed E-state index contributed by atoms with van der Waals surface area (Å²) in [6.45, 7) is 4.69. The van der Waals surface area contributed by atoms with Crippen LogP contribution in [0, 0.1) is 6.92 Å². The number of likely N-dealkylation sites (tertiary alicyclic amines) is 1. The molecule has 2 unspecified atom stereocenters. The number of hydrogen-bond donors (Lipinski definition) is 1. The minimum absolute atomic E-state index is 0.0374. The third-order valence-corrected chi connectivity index (χ3v) is 7.32. The predicted octanol–water partition coefficient (Wildman–Crippen LogP) is 3.68. The highest BCUT2D eigenvalue weighted by Crippen LogP contribution is 2.25. The summed E-state index contributed by atoms with van der Waals surface area (Å²) in [5.74, 6) is -0.0374. The fraction of sp³-hybridized carbons (Fsp3) is 0.542. The molecule has 3 heterocycles. The second-order valence-electron chi connectivity index (χ2n) is 8.70. The molecule has 9 heteroatoms. The van der Waals surface area contributed by atoms with Gasteiger partial charge < -0.3 is 19.7 Å². The normalized spacial score (nSPS) is 21.9. The van der Waals surface area contributed by atoms with Crippen molar-refractivity contribution in [2.45, 2.75) is 50.8 Å². The van der Waals surface area contributed by atoms with Crippen molar-refractivity contribution in [2.24, 2.45) is 0 Å². The molecular formula is C24H30Cl2N4O3. The van der Waals surface area contributed by atoms with E-state index in [1.807, 2.05) is 24.0 Å². The number of halogens is 2. The highest BCUT2D eigenvalue weighted by molar-refractivity contribution is 6.42. The lowest BCUT2D eigenvalue weighted by molar-refractivity contribution is -0.0533. The quantitative estimate of drug-likeness (QED) is 0.662. The lowest BCUT2D eigenvalue weighted by Crippen LogP contribution is -2.54. The Morgan fingerprint density at radius 2 is 2.00 bits per heavy atom. The number of nitrogens with one attached hydrogen (secondary N) is 1. The van der Waals surface area contributed by atoms with Crippen LogP contribution in [0.4, 0.5) is 0 Å². The van der Waals surface area contributed by atoms with E-state index in [9.17, 15) is 4.79 Å². The number of nitrogens with zero attached hydrogens (tertiary/aromatic N) is 3. The Kier molecular flexibility index (Phi) is 8.20. The highest BCUT2D eigenvalue weighted by Gasteiger charge is 2.31. The van der Waals surface area contributed by atoms with Gasteiger partial charge in [0.25, 0.3) is 5.91 Å². The maximum absolute atomic E-state index is 13.3. The zero-order chi connectivity index (χ0) is 23.4. The minimum atomic E-state index is -0.0374. The Morgan fingerprint density at radius 3 is 2.73 bits per heavy atom. The number of methoxy groups -OCH3 is 1. The zero-order valence-electron chi connectivity index (χ0n) is 19.0. The van der Waals surface area contributed by atoms with E-state index in [0.717, 1.165) is 42.7 Å². The van der Waals surface area contributed by atoms with Gasteiger partial charge in [-0.15, -0.1) is 0 Å². The Balaban J connectivity index is 1.37. The van der Waals surface area contributed by atoms with E-state index in [1.165, 1.54) is 6.33 Å². The van der Waals surface area contributed by atoms with E-state index in [2.05, 4.69) is 15.3 Å². The van der Waals surface area contributed by atoms with E-state index in [1.54, 1.807) is 13.2 Å². The average molecular weight is 493 g/mol. The van der Waals surface area contributed by atoms with Crippen LogP contribution in [0.15, 0.2) is 24.5 Å². The van der Waals surface area contributed by atoms with Gasteiger partial charge in [-0.1, -0.05) is 29.3 Å². The Labute approximate surface area is 204 Å². The summed E-state index contributed by atoms with van der Waals surface area (Å²) in [6.07, 6.45) is 4.86. The van der Waals surface area contributed by atoms with E-state index < -0.39 is 0 Å². The fourth-order valence-electron chi connectivity index (χ4n) is 4.56. The molecule has 7 nitrogen and oxygen atoms in total. The first-order chi connectivity index (χ1) is 16.0. The summed E-state index contributed by atoms with van der Waals surface area (Å²) in [5.41, 5.74) is 3.07. The third-order valence-electron chi connectivity index (χ3n) is 6.59. The summed E-state index contributed by atoms with van der Waals surface area (Å²) >= 11 is 12.2. The van der Waals surface area contributed by atoms with Gasteiger partial charge in [0, 0.05) is 50.9 Å². The maximum atomic E-state index is 13.3. The third kappa shape index (κ3) is 5.84. The van der Waals surface area contributed by atoms with Crippen LogP contribution in [0.5, 0.6) is 0 Å². The summed E-state index contributed by atoms with van der Waals surface area (Å²) in [6, 6.07) is 6.18. The van der Waals surface area contributed by atoms with Crippen LogP contribution < -0.4 is 5.32 Å². The van der Waals surface area contributed by atoms with Gasteiger partial charge >= 0.3 is 0 Å². The first-order valence-corrected chi connectivity index (χ1v) is 12.1. The molecule has 178 valence electrons. The molecular weight excluding hydrogens is 463 g/mol. The molecule has 1 aromatic carbocycles. The van der Waals surface area contributed by atoms with Gasteiger partial charge in [-0.05, 0) is 43.9 Å². The number of rotatable bonds is 6. The van der Waals surface area contributed by atoms with Crippen LogP contribution in [-0.2, 0) is 15.9 Å². The van der Waals surface area contributed by atoms with Crippen LogP contribution >= 0.6 is 23.2 Å². The number of hydrogen-bond acceptors (Lipinski definition) is 6. The molecule has 2 fully saturated rings. The largest absolute Gasteiger partial charge is 0.379 e. The van der Waals surface area contributed by atoms with Crippen molar-refractivity contribution in [1.82, 2.24) is 20.2 Å². The summed E-state index contributed by atoms with van der Waals surface area (Å²) in [4.78, 5) is 23.9. The van der Waals surface area contributed by atoms with E-state index in [4.69, 9.17) is 32.7 Å². The van der Waals surface area contributed by atoms with Crippen LogP contribution in [-0.4, -0.2) is 72.4 Å². The maximum Gasteiger partial charge on any atom is 0.272 e. The molecule has 0 saturated carbocycles. The summed E-state index contributed by atoms with van der Waals surface area (Å²) in [7, 11) is 1.73. The van der Waals surface area contributed by atoms with E-state index in [-0.39, 0.29) is 12.0 Å². The van der Waals surface area contributed by atoms with Crippen molar-refractivity contribution in [3.63, 3.8) is 0 Å². The zero-order valence-corrected chi connectivity index (χ0v) is 20.5. The minimum Gasteiger partial charge on any atom is -0.379 e. The van der Waals surface area contributed by atoms with Crippen LogP contribution in [0.25, 0.3) is 0 Å². The molecule has 0 bridgehead atoms. The number of carbonyl (C=O) groups excluding carboxylic acids is 1. The average Bonchev–Trinajstić information content (AvgIpc) is 2.83. The molecule has 33 heavy (non-hydrogen) atoms. The number of benzene rings is 1. The van der Waals surface area contributed by atoms with Crippen molar-refractivity contribution in [3.8, 4) is 0 Å². The Bertz CT molecular complexity index is 982. The van der Waals surface area contributed by atoms with Gasteiger partial charge in [0.15, 0.2) is 0 Å². The first kappa shape index (κ1) is 24.4. The van der Waals surface area contributed by atoms with Gasteiger partial charge in [0.2, 0.25) is 0 Å². The molecule has 2 atom stereocenters. The molecule has 1 amide bonds. The van der Waals surface area contributed by atoms with Crippen molar-refractivity contribution in [3.05, 3.63) is 57.1 Å². The van der Waals surface area contributed by atoms with Gasteiger partial charge in [-0.25, -0.2) is 9.97 Å². The molecule has 2 aromatic rings. The smallest absolute Gasteiger partial charge is 0.272 e. The van der Waals surface area contributed by atoms with Gasteiger partial charge in [-0.2, -0.15) is 0 Å². The van der Waals surface area contributed by atoms with Crippen LogP contribution in [0.1, 0.15) is 46.6 Å². The number of ether oxygens (including phenoxy) is 2. The topological polar surface area (TPSA) is 76.6 Å². The van der Waals surface area contributed by atoms with Crippen LogP contribution in [0.3, 0.4) is 0 Å². The van der Waals surface area contributed by atoms with E-state index >= 15 is 0 Å². The number of carbonyl (C=O) groups is 1. The molecule has 1 N–H and O–H groups in total. The first-order valence-electron chi connectivity index (χ1n) is 11.4. The van der Waals surface area contributed by atoms with Crippen molar-refractivity contribution >= 4 is 29.1 Å². The number of piperidine rings is 1.